The lowest BCUT2D eigenvalue weighted by Gasteiger charge is -2.16. The Morgan fingerprint density at radius 2 is 1.96 bits per heavy atom. The predicted octanol–water partition coefficient (Wildman–Crippen LogP) is 4.96. The van der Waals surface area contributed by atoms with E-state index in [9.17, 15) is 18.4 Å². The Morgan fingerprint density at radius 1 is 1.23 bits per heavy atom. The molecule has 0 radical (unpaired) electrons. The lowest BCUT2D eigenvalue weighted by atomic mass is 10.1. The molecule has 0 N–H and O–H groups in total. The lowest BCUT2D eigenvalue weighted by Crippen LogP contribution is -2.08. The molecule has 4 nitrogen and oxygen atoms in total. The molecule has 2 rings (SSSR count). The van der Waals surface area contributed by atoms with Crippen molar-refractivity contribution in [1.82, 2.24) is 4.98 Å². The van der Waals surface area contributed by atoms with Crippen LogP contribution in [0.2, 0.25) is 0 Å². The fraction of sp³-hybridized carbons (Fsp3) is 0.263. The van der Waals surface area contributed by atoms with Gasteiger partial charge in [0.15, 0.2) is 11.5 Å². The van der Waals surface area contributed by atoms with Gasteiger partial charge in [0.2, 0.25) is 0 Å². The van der Waals surface area contributed by atoms with Gasteiger partial charge in [-0.2, -0.15) is 18.4 Å². The second-order valence-corrected chi connectivity index (χ2v) is 5.64. The van der Waals surface area contributed by atoms with E-state index in [-0.39, 0.29) is 17.4 Å². The molecule has 136 valence electrons. The number of pyridine rings is 1. The van der Waals surface area contributed by atoms with Crippen LogP contribution in [0.3, 0.4) is 0 Å². The lowest BCUT2D eigenvalue weighted by molar-refractivity contribution is -0.137. The number of nitriles is 1. The molecule has 1 aromatic carbocycles. The topological polar surface area (TPSA) is 55.1 Å². The van der Waals surface area contributed by atoms with Gasteiger partial charge in [-0.3, -0.25) is 4.98 Å². The van der Waals surface area contributed by atoms with Gasteiger partial charge in [0, 0.05) is 11.8 Å². The van der Waals surface area contributed by atoms with Gasteiger partial charge in [-0.25, -0.2) is 0 Å². The number of aromatic nitrogens is 1. The largest absolute Gasteiger partial charge is 0.493 e. The summed E-state index contributed by atoms with van der Waals surface area (Å²) in [6.45, 7) is 3.70. The van der Waals surface area contributed by atoms with Gasteiger partial charge in [0.05, 0.1) is 30.0 Å². The van der Waals surface area contributed by atoms with Crippen LogP contribution in [-0.4, -0.2) is 18.2 Å². The highest BCUT2D eigenvalue weighted by Gasteiger charge is 2.30. The number of rotatable bonds is 5. The average molecular weight is 362 g/mol. The first kappa shape index (κ1) is 19.3. The summed E-state index contributed by atoms with van der Waals surface area (Å²) in [5.41, 5.74) is -0.0561. The van der Waals surface area contributed by atoms with Gasteiger partial charge in [0.1, 0.15) is 6.07 Å². The Hall–Kier alpha value is -3.01. The van der Waals surface area contributed by atoms with Crippen LogP contribution in [0.25, 0.3) is 11.6 Å². The minimum atomic E-state index is -4.48. The molecule has 0 aliphatic rings. The standard InChI is InChI=1S/C19H17F3N2O2/c1-12(2)26-18-13(5-4-6-17(18)25-3)9-14(10-23)16-8-7-15(11-24-16)19(20,21)22/h4-9,11-12H,1-3H3/b14-9-. The van der Waals surface area contributed by atoms with Crippen molar-refractivity contribution in [3.05, 3.63) is 53.3 Å². The highest BCUT2D eigenvalue weighted by molar-refractivity contribution is 5.89. The van der Waals surface area contributed by atoms with Crippen LogP contribution in [-0.2, 0) is 6.18 Å². The van der Waals surface area contributed by atoms with E-state index in [2.05, 4.69) is 4.98 Å². The molecule has 0 saturated heterocycles. The number of nitrogens with zero attached hydrogens (tertiary/aromatic N) is 2. The first-order valence-electron chi connectivity index (χ1n) is 7.75. The predicted molar refractivity (Wildman–Crippen MR) is 91.5 cm³/mol. The molecule has 0 unspecified atom stereocenters. The fourth-order valence-corrected chi connectivity index (χ4v) is 2.21. The van der Waals surface area contributed by atoms with Crippen molar-refractivity contribution in [2.45, 2.75) is 26.1 Å². The number of hydrogen-bond acceptors (Lipinski definition) is 4. The summed E-state index contributed by atoms with van der Waals surface area (Å²) < 4.78 is 49.0. The zero-order valence-corrected chi connectivity index (χ0v) is 14.5. The molecule has 2 aromatic rings. The van der Waals surface area contributed by atoms with Crippen LogP contribution in [0.1, 0.15) is 30.7 Å². The maximum absolute atomic E-state index is 12.7. The first-order valence-corrected chi connectivity index (χ1v) is 7.75. The number of ether oxygens (including phenoxy) is 2. The fourth-order valence-electron chi connectivity index (χ4n) is 2.21. The van der Waals surface area contributed by atoms with E-state index in [1.165, 1.54) is 19.3 Å². The molecule has 26 heavy (non-hydrogen) atoms. The molecule has 1 aromatic heterocycles. The van der Waals surface area contributed by atoms with E-state index in [0.717, 1.165) is 6.07 Å². The SMILES string of the molecule is COc1cccc(/C=C(/C#N)c2ccc(C(F)(F)F)cn2)c1OC(C)C. The van der Waals surface area contributed by atoms with Gasteiger partial charge in [0.25, 0.3) is 0 Å². The first-order chi connectivity index (χ1) is 12.3. The van der Waals surface area contributed by atoms with E-state index in [1.807, 2.05) is 19.9 Å². The van der Waals surface area contributed by atoms with E-state index >= 15 is 0 Å². The Morgan fingerprint density at radius 3 is 2.46 bits per heavy atom. The molecule has 0 amide bonds. The summed E-state index contributed by atoms with van der Waals surface area (Å²) in [7, 11) is 1.50. The third-order valence-corrected chi connectivity index (χ3v) is 3.37. The van der Waals surface area contributed by atoms with Crippen molar-refractivity contribution >= 4 is 11.6 Å². The molecule has 0 spiro atoms. The maximum atomic E-state index is 12.7. The van der Waals surface area contributed by atoms with Crippen LogP contribution in [0.15, 0.2) is 36.5 Å². The summed E-state index contributed by atoms with van der Waals surface area (Å²) in [6.07, 6.45) is -2.39. The zero-order valence-electron chi connectivity index (χ0n) is 14.5. The van der Waals surface area contributed by atoms with Gasteiger partial charge in [-0.05, 0) is 38.1 Å². The molecule has 0 saturated carbocycles. The molecular weight excluding hydrogens is 345 g/mol. The van der Waals surface area contributed by atoms with Crippen LogP contribution < -0.4 is 9.47 Å². The Bertz CT molecular complexity index is 835. The summed E-state index contributed by atoms with van der Waals surface area (Å²) >= 11 is 0. The number of para-hydroxylation sites is 1. The van der Waals surface area contributed by atoms with Crippen molar-refractivity contribution in [3.63, 3.8) is 0 Å². The van der Waals surface area contributed by atoms with E-state index in [1.54, 1.807) is 18.2 Å². The third kappa shape index (κ3) is 4.54. The normalized spacial score (nSPS) is 12.0. The minimum absolute atomic E-state index is 0.112. The van der Waals surface area contributed by atoms with Gasteiger partial charge >= 0.3 is 6.18 Å². The average Bonchev–Trinajstić information content (AvgIpc) is 2.59. The molecule has 0 bridgehead atoms. The highest BCUT2D eigenvalue weighted by Crippen LogP contribution is 2.34. The van der Waals surface area contributed by atoms with Crippen molar-refractivity contribution in [1.29, 1.82) is 5.26 Å². The van der Waals surface area contributed by atoms with Crippen LogP contribution >= 0.6 is 0 Å². The molecular formula is C19H17F3N2O2. The number of alkyl halides is 3. The van der Waals surface area contributed by atoms with E-state index in [0.29, 0.717) is 23.3 Å². The van der Waals surface area contributed by atoms with Crippen LogP contribution in [0.5, 0.6) is 11.5 Å². The molecule has 0 fully saturated rings. The minimum Gasteiger partial charge on any atom is -0.493 e. The molecule has 0 atom stereocenters. The van der Waals surface area contributed by atoms with Crippen molar-refractivity contribution < 1.29 is 22.6 Å². The Kier molecular flexibility index (Phi) is 5.88. The molecule has 0 aliphatic heterocycles. The van der Waals surface area contributed by atoms with Crippen LogP contribution in [0, 0.1) is 11.3 Å². The summed E-state index contributed by atoms with van der Waals surface area (Å²) in [5.74, 6) is 0.940. The van der Waals surface area contributed by atoms with Crippen molar-refractivity contribution in [2.75, 3.05) is 7.11 Å². The Labute approximate surface area is 149 Å². The number of allylic oxidation sites excluding steroid dienone is 1. The van der Waals surface area contributed by atoms with Gasteiger partial charge < -0.3 is 9.47 Å². The highest BCUT2D eigenvalue weighted by atomic mass is 19.4. The van der Waals surface area contributed by atoms with Crippen molar-refractivity contribution in [2.24, 2.45) is 0 Å². The van der Waals surface area contributed by atoms with E-state index < -0.39 is 11.7 Å². The number of halogens is 3. The van der Waals surface area contributed by atoms with Crippen molar-refractivity contribution in [3.8, 4) is 17.6 Å². The number of benzene rings is 1. The molecule has 0 aliphatic carbocycles. The van der Waals surface area contributed by atoms with Gasteiger partial charge in [-0.1, -0.05) is 12.1 Å². The summed E-state index contributed by atoms with van der Waals surface area (Å²) in [4.78, 5) is 3.76. The second kappa shape index (κ2) is 7.91. The summed E-state index contributed by atoms with van der Waals surface area (Å²) in [6, 6.07) is 9.20. The third-order valence-electron chi connectivity index (χ3n) is 3.37. The monoisotopic (exact) mass is 362 g/mol. The second-order valence-electron chi connectivity index (χ2n) is 5.64. The van der Waals surface area contributed by atoms with Crippen LogP contribution in [0.4, 0.5) is 13.2 Å². The quantitative estimate of drug-likeness (QED) is 0.706. The van der Waals surface area contributed by atoms with E-state index in [4.69, 9.17) is 9.47 Å². The number of hydrogen-bond donors (Lipinski definition) is 0. The zero-order chi connectivity index (χ0) is 19.3. The molecule has 1 heterocycles. The molecule has 7 heteroatoms. The smallest absolute Gasteiger partial charge is 0.417 e. The maximum Gasteiger partial charge on any atom is 0.417 e. The number of methoxy groups -OCH3 is 1. The summed E-state index contributed by atoms with van der Waals surface area (Å²) in [5, 5.41) is 9.42. The Balaban J connectivity index is 2.48. The van der Waals surface area contributed by atoms with Gasteiger partial charge in [-0.15, -0.1) is 0 Å².